The Labute approximate surface area is 160 Å². The number of aryl methyl sites for hydroxylation is 2. The Kier molecular flexibility index (Phi) is 5.05. The fourth-order valence-electron chi connectivity index (χ4n) is 3.93. The third-order valence-electron chi connectivity index (χ3n) is 5.80. The van der Waals surface area contributed by atoms with Gasteiger partial charge in [-0.3, -0.25) is 0 Å². The maximum absolute atomic E-state index is 10.1. The molecule has 8 heteroatoms. The normalized spacial score (nSPS) is 21.1. The lowest BCUT2D eigenvalue weighted by molar-refractivity contribution is -0.00503. The van der Waals surface area contributed by atoms with Gasteiger partial charge < -0.3 is 24.2 Å². The van der Waals surface area contributed by atoms with Crippen LogP contribution in [0.4, 0.5) is 5.82 Å². The molecular formula is C19H30N6O2. The molecule has 8 nitrogen and oxygen atoms in total. The van der Waals surface area contributed by atoms with Crippen LogP contribution in [0.3, 0.4) is 0 Å². The Hall–Kier alpha value is -1.77. The van der Waals surface area contributed by atoms with Gasteiger partial charge in [0.1, 0.15) is 11.6 Å². The number of ether oxygens (including phenoxy) is 1. The molecule has 2 saturated heterocycles. The summed E-state index contributed by atoms with van der Waals surface area (Å²) in [5, 5.41) is 10.1. The van der Waals surface area contributed by atoms with Crippen LogP contribution in [0.15, 0.2) is 0 Å². The van der Waals surface area contributed by atoms with Crippen LogP contribution in [-0.4, -0.2) is 81.1 Å². The monoisotopic (exact) mass is 374 g/mol. The van der Waals surface area contributed by atoms with Gasteiger partial charge >= 0.3 is 0 Å². The number of aromatic nitrogens is 4. The number of rotatable bonds is 4. The second kappa shape index (κ2) is 7.33. The highest BCUT2D eigenvalue weighted by Gasteiger charge is 2.27. The zero-order chi connectivity index (χ0) is 19.0. The number of aliphatic hydroxyl groups is 1. The van der Waals surface area contributed by atoms with Gasteiger partial charge in [-0.1, -0.05) is 0 Å². The van der Waals surface area contributed by atoms with Crippen molar-refractivity contribution in [2.75, 3.05) is 50.8 Å². The van der Waals surface area contributed by atoms with Gasteiger partial charge in [-0.25, -0.2) is 15.0 Å². The van der Waals surface area contributed by atoms with E-state index in [-0.39, 0.29) is 0 Å². The van der Waals surface area contributed by atoms with Crippen molar-refractivity contribution in [1.29, 1.82) is 0 Å². The summed E-state index contributed by atoms with van der Waals surface area (Å²) < 4.78 is 7.58. The van der Waals surface area contributed by atoms with Crippen molar-refractivity contribution in [2.24, 2.45) is 7.05 Å². The molecule has 0 spiro atoms. The van der Waals surface area contributed by atoms with Crippen molar-refractivity contribution >= 4 is 17.0 Å². The summed E-state index contributed by atoms with van der Waals surface area (Å²) in [5.74, 6) is 2.74. The van der Waals surface area contributed by atoms with Crippen molar-refractivity contribution in [3.05, 3.63) is 11.6 Å². The van der Waals surface area contributed by atoms with Gasteiger partial charge in [-0.15, -0.1) is 0 Å². The van der Waals surface area contributed by atoms with E-state index in [1.807, 2.05) is 20.9 Å². The number of imidazole rings is 1. The van der Waals surface area contributed by atoms with Gasteiger partial charge in [0.2, 0.25) is 0 Å². The van der Waals surface area contributed by atoms with E-state index in [2.05, 4.69) is 19.4 Å². The minimum Gasteiger partial charge on any atom is -0.390 e. The largest absolute Gasteiger partial charge is 0.390 e. The number of fused-ring (bicyclic) bond motifs is 1. The molecule has 2 aliphatic heterocycles. The van der Waals surface area contributed by atoms with E-state index in [1.54, 1.807) is 0 Å². The van der Waals surface area contributed by atoms with E-state index in [9.17, 15) is 5.11 Å². The Morgan fingerprint density at radius 2 is 1.78 bits per heavy atom. The number of hydrogen-bond donors (Lipinski definition) is 1. The first-order chi connectivity index (χ1) is 12.9. The third-order valence-corrected chi connectivity index (χ3v) is 5.80. The molecular weight excluding hydrogens is 344 g/mol. The van der Waals surface area contributed by atoms with Crippen LogP contribution in [0.2, 0.25) is 0 Å². The van der Waals surface area contributed by atoms with Gasteiger partial charge in [0.15, 0.2) is 17.0 Å². The molecule has 0 radical (unpaired) electrons. The minimum atomic E-state index is -0.505. The lowest BCUT2D eigenvalue weighted by Gasteiger charge is -2.35. The minimum absolute atomic E-state index is 0.505. The van der Waals surface area contributed by atoms with Crippen LogP contribution in [0.5, 0.6) is 0 Å². The van der Waals surface area contributed by atoms with E-state index in [4.69, 9.17) is 14.7 Å². The summed E-state index contributed by atoms with van der Waals surface area (Å²) in [6.07, 6.45) is 2.54. The fraction of sp³-hybridized carbons (Fsp3) is 0.737. The Bertz CT molecular complexity index is 802. The summed E-state index contributed by atoms with van der Waals surface area (Å²) in [7, 11) is 2.04. The maximum atomic E-state index is 10.1. The van der Waals surface area contributed by atoms with Crippen LogP contribution in [0.25, 0.3) is 11.2 Å². The zero-order valence-electron chi connectivity index (χ0n) is 16.6. The molecule has 0 aromatic carbocycles. The number of piperidine rings is 1. The molecule has 0 amide bonds. The van der Waals surface area contributed by atoms with Gasteiger partial charge in [-0.05, 0) is 26.7 Å². The molecule has 0 saturated carbocycles. The first-order valence-electron chi connectivity index (χ1n) is 9.90. The molecule has 0 unspecified atom stereocenters. The van der Waals surface area contributed by atoms with Crippen LogP contribution in [0.1, 0.15) is 31.4 Å². The average molecular weight is 374 g/mol. The molecule has 1 N–H and O–H groups in total. The molecule has 27 heavy (non-hydrogen) atoms. The van der Waals surface area contributed by atoms with Crippen molar-refractivity contribution in [1.82, 2.24) is 24.4 Å². The Balaban J connectivity index is 1.54. The molecule has 2 aromatic rings. The molecule has 2 aromatic heterocycles. The summed E-state index contributed by atoms with van der Waals surface area (Å²) in [6.45, 7) is 9.83. The van der Waals surface area contributed by atoms with Crippen LogP contribution in [0, 0.1) is 6.92 Å². The number of likely N-dealkylation sites (tertiary alicyclic amines) is 1. The van der Waals surface area contributed by atoms with Crippen LogP contribution >= 0.6 is 0 Å². The maximum Gasteiger partial charge on any atom is 0.165 e. The Morgan fingerprint density at radius 3 is 2.48 bits per heavy atom. The van der Waals surface area contributed by atoms with Crippen molar-refractivity contribution < 1.29 is 9.84 Å². The molecule has 148 valence electrons. The molecule has 4 heterocycles. The number of nitrogens with zero attached hydrogens (tertiary/aromatic N) is 6. The van der Waals surface area contributed by atoms with E-state index < -0.39 is 5.60 Å². The van der Waals surface area contributed by atoms with Crippen molar-refractivity contribution in [3.63, 3.8) is 0 Å². The lowest BCUT2D eigenvalue weighted by Crippen LogP contribution is -2.43. The predicted molar refractivity (Wildman–Crippen MR) is 104 cm³/mol. The molecule has 0 bridgehead atoms. The predicted octanol–water partition coefficient (Wildman–Crippen LogP) is 0.898. The molecule has 0 aliphatic carbocycles. The lowest BCUT2D eigenvalue weighted by atomic mass is 9.94. The first kappa shape index (κ1) is 18.6. The molecule has 4 rings (SSSR count). The molecule has 2 aliphatic rings. The van der Waals surface area contributed by atoms with Gasteiger partial charge in [-0.2, -0.15) is 0 Å². The topological polar surface area (TPSA) is 79.5 Å². The quantitative estimate of drug-likeness (QED) is 0.852. The molecule has 0 atom stereocenters. The second-order valence-corrected chi connectivity index (χ2v) is 8.04. The van der Waals surface area contributed by atoms with Crippen molar-refractivity contribution in [3.8, 4) is 0 Å². The van der Waals surface area contributed by atoms with E-state index in [0.717, 1.165) is 93.8 Å². The Morgan fingerprint density at radius 1 is 1.07 bits per heavy atom. The van der Waals surface area contributed by atoms with Gasteiger partial charge in [0.25, 0.3) is 0 Å². The number of anilines is 1. The smallest absolute Gasteiger partial charge is 0.165 e. The second-order valence-electron chi connectivity index (χ2n) is 8.04. The van der Waals surface area contributed by atoms with Crippen molar-refractivity contribution in [2.45, 2.75) is 38.7 Å². The zero-order valence-corrected chi connectivity index (χ0v) is 16.6. The summed E-state index contributed by atoms with van der Waals surface area (Å²) in [6, 6.07) is 0. The number of hydrogen-bond acceptors (Lipinski definition) is 7. The first-order valence-corrected chi connectivity index (χ1v) is 9.90. The van der Waals surface area contributed by atoms with Crippen LogP contribution in [-0.2, 0) is 18.2 Å². The van der Waals surface area contributed by atoms with Gasteiger partial charge in [0.05, 0.1) is 18.8 Å². The highest BCUT2D eigenvalue weighted by atomic mass is 16.5. The highest BCUT2D eigenvalue weighted by molar-refractivity contribution is 5.84. The third kappa shape index (κ3) is 3.93. The number of morpholine rings is 1. The summed E-state index contributed by atoms with van der Waals surface area (Å²) in [5.41, 5.74) is 1.29. The SMILES string of the molecule is Cc1nc(N2CCOCC2)c2nc(CCN3CCC(C)(O)CC3)n(C)c2n1. The summed E-state index contributed by atoms with van der Waals surface area (Å²) in [4.78, 5) is 18.9. The highest BCUT2D eigenvalue weighted by Crippen LogP contribution is 2.25. The van der Waals surface area contributed by atoms with E-state index in [1.165, 1.54) is 0 Å². The van der Waals surface area contributed by atoms with E-state index in [0.29, 0.717) is 0 Å². The van der Waals surface area contributed by atoms with E-state index >= 15 is 0 Å². The van der Waals surface area contributed by atoms with Crippen LogP contribution < -0.4 is 4.90 Å². The summed E-state index contributed by atoms with van der Waals surface area (Å²) >= 11 is 0. The standard InChI is InChI=1S/C19H30N6O2/c1-14-20-17-16(18(21-14)25-10-12-27-13-11-25)22-15(23(17)3)4-7-24-8-5-19(2,26)6-9-24/h26H,4-13H2,1-3H3. The van der Waals surface area contributed by atoms with Gasteiger partial charge in [0, 0.05) is 46.2 Å². The fourth-order valence-corrected chi connectivity index (χ4v) is 3.93. The molecule has 2 fully saturated rings. The average Bonchev–Trinajstić information content (AvgIpc) is 2.97.